The second-order valence-electron chi connectivity index (χ2n) is 2.54. The minimum absolute atomic E-state index is 1.06. The van der Waals surface area contributed by atoms with Gasteiger partial charge in [0.15, 0.2) is 0 Å². The van der Waals surface area contributed by atoms with Crippen molar-refractivity contribution in [2.75, 3.05) is 34.5 Å². The molecular weight excluding hydrogens is 216 g/mol. The summed E-state index contributed by atoms with van der Waals surface area (Å²) in [5, 5.41) is 0. The van der Waals surface area contributed by atoms with E-state index in [2.05, 4.69) is 25.6 Å². The summed E-state index contributed by atoms with van der Waals surface area (Å²) in [4.78, 5) is 0. The van der Waals surface area contributed by atoms with E-state index in [0.29, 0.717) is 0 Å². The van der Waals surface area contributed by atoms with Crippen LogP contribution in [0.1, 0.15) is 12.8 Å². The quantitative estimate of drug-likeness (QED) is 0.532. The molecule has 0 rings (SSSR count). The van der Waals surface area contributed by atoms with Gasteiger partial charge in [-0.25, -0.2) is 0 Å². The Balaban J connectivity index is 2.76. The summed E-state index contributed by atoms with van der Waals surface area (Å²) in [5.41, 5.74) is 0. The first-order valence-electron chi connectivity index (χ1n) is 4.73. The van der Waals surface area contributed by atoms with Gasteiger partial charge in [0.1, 0.15) is 0 Å². The molecule has 0 spiro atoms. The molecule has 0 N–H and O–H groups in total. The zero-order valence-electron chi connectivity index (χ0n) is 8.30. The van der Waals surface area contributed by atoms with E-state index in [1.807, 2.05) is 23.5 Å². The van der Waals surface area contributed by atoms with Crippen LogP contribution in [-0.2, 0) is 0 Å². The third-order valence-corrected chi connectivity index (χ3v) is 4.96. The van der Waals surface area contributed by atoms with Gasteiger partial charge in [-0.05, 0) is 24.3 Å². The van der Waals surface area contributed by atoms with Crippen molar-refractivity contribution in [3.63, 3.8) is 0 Å². The summed E-state index contributed by atoms with van der Waals surface area (Å²) in [6.07, 6.45) is 2.13. The fraction of sp³-hybridized carbons (Fsp3) is 0.800. The molecule has 3 heteroatoms. The van der Waals surface area contributed by atoms with Crippen molar-refractivity contribution >= 4 is 35.3 Å². The van der Waals surface area contributed by atoms with Crippen LogP contribution in [-0.4, -0.2) is 34.5 Å². The predicted octanol–water partition coefficient (Wildman–Crippen LogP) is 3.63. The summed E-state index contributed by atoms with van der Waals surface area (Å²) in [7, 11) is 0. The summed E-state index contributed by atoms with van der Waals surface area (Å²) in [6.45, 7) is 7.63. The van der Waals surface area contributed by atoms with Crippen molar-refractivity contribution in [1.82, 2.24) is 0 Å². The van der Waals surface area contributed by atoms with Gasteiger partial charge in [-0.1, -0.05) is 13.8 Å². The molecule has 0 nitrogen and oxygen atoms in total. The molecule has 0 aliphatic rings. The highest BCUT2D eigenvalue weighted by molar-refractivity contribution is 8.04. The Morgan fingerprint density at radius 3 is 1.15 bits per heavy atom. The Morgan fingerprint density at radius 1 is 0.538 bits per heavy atom. The lowest BCUT2D eigenvalue weighted by molar-refractivity contribution is 1.24. The molecule has 0 heterocycles. The van der Waals surface area contributed by atoms with Gasteiger partial charge in [0, 0.05) is 23.0 Å². The summed E-state index contributed by atoms with van der Waals surface area (Å²) in [5.74, 6) is 7.62. The van der Waals surface area contributed by atoms with Gasteiger partial charge in [0.05, 0.1) is 0 Å². The predicted molar refractivity (Wildman–Crippen MR) is 71.9 cm³/mol. The maximum Gasteiger partial charge on any atom is 0.00238 e. The SMILES string of the molecule is [CH2]CCSCCSCCSCC[CH2]. The number of hydrogen-bond donors (Lipinski definition) is 0. The van der Waals surface area contributed by atoms with Crippen LogP contribution in [0, 0.1) is 13.8 Å². The average molecular weight is 236 g/mol. The molecule has 2 radical (unpaired) electrons. The number of hydrogen-bond acceptors (Lipinski definition) is 3. The van der Waals surface area contributed by atoms with E-state index in [-0.39, 0.29) is 0 Å². The first kappa shape index (κ1) is 14.1. The smallest absolute Gasteiger partial charge is 0.00238 e. The second kappa shape index (κ2) is 13.1. The Bertz CT molecular complexity index is 76.2. The molecular formula is C10H20S3. The lowest BCUT2D eigenvalue weighted by Crippen LogP contribution is -1.91. The van der Waals surface area contributed by atoms with Crippen LogP contribution in [0.2, 0.25) is 0 Å². The highest BCUT2D eigenvalue weighted by Gasteiger charge is 1.91. The van der Waals surface area contributed by atoms with Crippen molar-refractivity contribution in [1.29, 1.82) is 0 Å². The van der Waals surface area contributed by atoms with Crippen molar-refractivity contribution in [3.8, 4) is 0 Å². The van der Waals surface area contributed by atoms with Crippen molar-refractivity contribution < 1.29 is 0 Å². The highest BCUT2D eigenvalue weighted by atomic mass is 32.2. The van der Waals surface area contributed by atoms with E-state index in [4.69, 9.17) is 0 Å². The molecule has 0 saturated carbocycles. The zero-order valence-corrected chi connectivity index (χ0v) is 10.7. The van der Waals surface area contributed by atoms with Crippen LogP contribution < -0.4 is 0 Å². The van der Waals surface area contributed by atoms with Gasteiger partial charge in [-0.2, -0.15) is 35.3 Å². The number of thioether (sulfide) groups is 3. The molecule has 13 heavy (non-hydrogen) atoms. The molecule has 0 unspecified atom stereocenters. The minimum Gasteiger partial charge on any atom is -0.161 e. The summed E-state index contributed by atoms with van der Waals surface area (Å²) < 4.78 is 0. The van der Waals surface area contributed by atoms with E-state index >= 15 is 0 Å². The third-order valence-electron chi connectivity index (χ3n) is 1.32. The first-order valence-corrected chi connectivity index (χ1v) is 8.20. The minimum atomic E-state index is 1.06. The summed E-state index contributed by atoms with van der Waals surface area (Å²) in [6, 6.07) is 0. The Kier molecular flexibility index (Phi) is 14.1. The molecule has 0 amide bonds. The lowest BCUT2D eigenvalue weighted by atomic mass is 10.6. The molecule has 0 aromatic heterocycles. The van der Waals surface area contributed by atoms with Gasteiger partial charge >= 0.3 is 0 Å². The summed E-state index contributed by atoms with van der Waals surface area (Å²) >= 11 is 6.11. The van der Waals surface area contributed by atoms with E-state index < -0.39 is 0 Å². The standard InChI is InChI=1S/C10H20S3/c1-3-5-11-7-9-13-10-8-12-6-4-2/h1-10H2. The highest BCUT2D eigenvalue weighted by Crippen LogP contribution is 2.10. The molecule has 0 aliphatic heterocycles. The topological polar surface area (TPSA) is 0 Å². The fourth-order valence-corrected chi connectivity index (χ4v) is 3.65. The van der Waals surface area contributed by atoms with E-state index in [9.17, 15) is 0 Å². The van der Waals surface area contributed by atoms with Crippen LogP contribution in [0.5, 0.6) is 0 Å². The van der Waals surface area contributed by atoms with Gasteiger partial charge in [0.25, 0.3) is 0 Å². The molecule has 0 atom stereocenters. The van der Waals surface area contributed by atoms with E-state index in [0.717, 1.165) is 12.8 Å². The van der Waals surface area contributed by atoms with Crippen molar-refractivity contribution in [2.24, 2.45) is 0 Å². The van der Waals surface area contributed by atoms with Crippen LogP contribution in [0.4, 0.5) is 0 Å². The van der Waals surface area contributed by atoms with Crippen LogP contribution >= 0.6 is 35.3 Å². The first-order chi connectivity index (χ1) is 6.41. The lowest BCUT2D eigenvalue weighted by Gasteiger charge is -2.00. The maximum absolute atomic E-state index is 3.82. The Morgan fingerprint density at radius 2 is 0.846 bits per heavy atom. The van der Waals surface area contributed by atoms with Gasteiger partial charge in [-0.3, -0.25) is 0 Å². The van der Waals surface area contributed by atoms with E-state index in [1.54, 1.807) is 0 Å². The molecule has 0 aliphatic carbocycles. The van der Waals surface area contributed by atoms with Gasteiger partial charge < -0.3 is 0 Å². The average Bonchev–Trinajstić information content (AvgIpc) is 2.16. The molecule has 0 bridgehead atoms. The molecule has 78 valence electrons. The fourth-order valence-electron chi connectivity index (χ4n) is 0.746. The van der Waals surface area contributed by atoms with Crippen molar-refractivity contribution in [3.05, 3.63) is 13.8 Å². The van der Waals surface area contributed by atoms with Crippen LogP contribution in [0.25, 0.3) is 0 Å². The molecule has 0 saturated heterocycles. The maximum atomic E-state index is 3.82. The van der Waals surface area contributed by atoms with Gasteiger partial charge in [0.2, 0.25) is 0 Å². The second-order valence-corrected chi connectivity index (χ2v) is 6.22. The monoisotopic (exact) mass is 236 g/mol. The normalized spacial score (nSPS) is 10.6. The van der Waals surface area contributed by atoms with Crippen LogP contribution in [0.15, 0.2) is 0 Å². The molecule has 0 fully saturated rings. The van der Waals surface area contributed by atoms with Gasteiger partial charge in [-0.15, -0.1) is 0 Å². The molecule has 0 aromatic rings. The number of rotatable bonds is 10. The van der Waals surface area contributed by atoms with Crippen LogP contribution in [0.3, 0.4) is 0 Å². The molecule has 0 aromatic carbocycles. The Hall–Kier alpha value is 1.05. The largest absolute Gasteiger partial charge is 0.161 e. The third kappa shape index (κ3) is 13.1. The Labute approximate surface area is 96.4 Å². The zero-order chi connectivity index (χ0) is 9.78. The van der Waals surface area contributed by atoms with E-state index in [1.165, 1.54) is 34.5 Å². The van der Waals surface area contributed by atoms with Crippen molar-refractivity contribution in [2.45, 2.75) is 12.8 Å².